The van der Waals surface area contributed by atoms with E-state index in [1.807, 2.05) is 0 Å². The molecule has 3 amide bonds. The molecule has 3 aliphatic heterocycles. The van der Waals surface area contributed by atoms with Crippen molar-refractivity contribution in [1.29, 1.82) is 0 Å². The van der Waals surface area contributed by atoms with Crippen molar-refractivity contribution in [2.45, 2.75) is 220 Å². The molecule has 3 fully saturated rings. The molecule has 0 radical (unpaired) electrons. The Labute approximate surface area is 481 Å². The van der Waals surface area contributed by atoms with Gasteiger partial charge < -0.3 is 115 Å². The fourth-order valence-electron chi connectivity index (χ4n) is 10.2. The van der Waals surface area contributed by atoms with Gasteiger partial charge in [0.2, 0.25) is 24.0 Å². The van der Waals surface area contributed by atoms with Crippen LogP contribution in [0.1, 0.15) is 115 Å². The molecule has 0 saturated carbocycles. The van der Waals surface area contributed by atoms with Crippen molar-refractivity contribution in [3.8, 4) is 5.75 Å². The maximum absolute atomic E-state index is 13.3. The van der Waals surface area contributed by atoms with Gasteiger partial charge >= 0.3 is 23.5 Å². The van der Waals surface area contributed by atoms with E-state index in [4.69, 9.17) is 37.9 Å². The SMILES string of the molecule is Cc1cc(=O)oc2cc(O[C@@H]3OC(CO)[C@@H](O[C@@H]4OC(CO)[C@H](O)[C@H](O[C@]5(C(=O)O)C[C@@H](O)[C@@H](NC(=O)CNC(=O)CC[C@H](NC(=O)CCCCCCCCCCCCCCC(=O)O)C(=O)O)C(C(O)[C@H](O)CO)O5)C4O)[C@H](O)C3O)ccc12. The average Bonchev–Trinajstić information content (AvgIpc) is 1.69. The highest BCUT2D eigenvalue weighted by molar-refractivity contribution is 5.87. The van der Waals surface area contributed by atoms with Crippen LogP contribution in [0.25, 0.3) is 11.0 Å². The first-order valence-corrected chi connectivity index (χ1v) is 28.1. The van der Waals surface area contributed by atoms with Crippen LogP contribution in [0.3, 0.4) is 0 Å². The lowest BCUT2D eigenvalue weighted by atomic mass is 9.88. The Morgan fingerprint density at radius 3 is 1.89 bits per heavy atom. The van der Waals surface area contributed by atoms with Crippen LogP contribution in [-0.2, 0) is 52.5 Å². The fourth-order valence-corrected chi connectivity index (χ4v) is 10.2. The molecule has 30 nitrogen and oxygen atoms in total. The van der Waals surface area contributed by atoms with Crippen molar-refractivity contribution in [2.75, 3.05) is 26.4 Å². The predicted molar refractivity (Wildman–Crippen MR) is 284 cm³/mol. The van der Waals surface area contributed by atoms with E-state index in [2.05, 4.69) is 16.0 Å². The number of carboxylic acid groups (broad SMARTS) is 3. The van der Waals surface area contributed by atoms with Crippen LogP contribution < -0.4 is 26.3 Å². The molecule has 1 aromatic carbocycles. The highest BCUT2D eigenvalue weighted by Crippen LogP contribution is 2.39. The maximum atomic E-state index is 13.3. The number of benzene rings is 1. The first-order valence-electron chi connectivity index (χ1n) is 28.1. The Hall–Kier alpha value is -5.55. The standard InChI is InChI=1S/C54H81N3O27/c1-27-20-40(68)79-33-21-28(16-17-29(27)33)78-51-45(72)44(71)47(35(26-60)81-51)82-52-46(73)49(43(70)34(25-59)80-52)84-54(53(76)77)22-31(61)41(48(83-54)42(69)32(62)24-58)57-38(65)23-55-36(63)19-18-30(50(74)75)56-37(64)14-12-10-8-6-4-2-3-5-7-9-11-13-15-39(66)67/h16-17,20-21,30-32,34-35,41-49,51-52,58-62,69-73H,2-15,18-19,22-26H2,1H3,(H,55,63)(H,56,64)(H,57,65)(H,66,67)(H,74,75)(H,76,77)/t30-,31+,32+,34?,35?,41+,42?,43-,44+,45?,46?,47+,48?,49-,51+,52-,54-/m0/s1. The van der Waals surface area contributed by atoms with Gasteiger partial charge in [-0.05, 0) is 43.9 Å². The molecule has 0 bridgehead atoms. The van der Waals surface area contributed by atoms with Crippen LogP contribution in [-0.4, -0.2) is 232 Å². The molecule has 30 heteroatoms. The van der Waals surface area contributed by atoms with Gasteiger partial charge in [-0.15, -0.1) is 0 Å². The van der Waals surface area contributed by atoms with Crippen LogP contribution >= 0.6 is 0 Å². The topological polar surface area (TPSA) is 487 Å². The first kappa shape index (κ1) is 69.2. The number of hydrogen-bond acceptors (Lipinski definition) is 24. The normalized spacial score (nSPS) is 29.1. The third-order valence-corrected chi connectivity index (χ3v) is 14.9. The van der Waals surface area contributed by atoms with E-state index in [-0.39, 0.29) is 30.6 Å². The lowest BCUT2D eigenvalue weighted by Gasteiger charge is -2.50. The maximum Gasteiger partial charge on any atom is 0.364 e. The summed E-state index contributed by atoms with van der Waals surface area (Å²) >= 11 is 0. The molecule has 474 valence electrons. The lowest BCUT2D eigenvalue weighted by Crippen LogP contribution is -2.71. The molecule has 1 aromatic heterocycles. The number of aliphatic hydroxyl groups is 10. The Kier molecular flexibility index (Phi) is 27.5. The number of carboxylic acids is 3. The van der Waals surface area contributed by atoms with Crippen molar-refractivity contribution in [1.82, 2.24) is 16.0 Å². The lowest BCUT2D eigenvalue weighted by molar-refractivity contribution is -0.384. The van der Waals surface area contributed by atoms with Gasteiger partial charge in [0.15, 0.2) is 6.29 Å². The van der Waals surface area contributed by atoms with Gasteiger partial charge in [0.05, 0.1) is 38.5 Å². The number of hydrogen-bond donors (Lipinski definition) is 16. The number of amides is 3. The summed E-state index contributed by atoms with van der Waals surface area (Å²) in [6.07, 6.45) is -19.5. The van der Waals surface area contributed by atoms with Crippen LogP contribution in [0, 0.1) is 6.92 Å². The van der Waals surface area contributed by atoms with Crippen molar-refractivity contribution in [3.63, 3.8) is 0 Å². The second kappa shape index (κ2) is 33.4. The van der Waals surface area contributed by atoms with E-state index >= 15 is 0 Å². The van der Waals surface area contributed by atoms with Gasteiger partial charge in [-0.1, -0.05) is 64.2 Å². The molecule has 16 N–H and O–H groups in total. The third kappa shape index (κ3) is 19.5. The summed E-state index contributed by atoms with van der Waals surface area (Å²) in [5, 5.41) is 145. The van der Waals surface area contributed by atoms with E-state index in [0.29, 0.717) is 23.8 Å². The predicted octanol–water partition coefficient (Wildman–Crippen LogP) is -2.73. The number of aryl methyl sites for hydroxylation is 1. The van der Waals surface area contributed by atoms with E-state index in [1.165, 1.54) is 18.2 Å². The number of aliphatic carboxylic acids is 3. The summed E-state index contributed by atoms with van der Waals surface area (Å²) < 4.78 is 39.4. The van der Waals surface area contributed by atoms with E-state index < -0.39 is 184 Å². The Bertz CT molecular complexity index is 2520. The minimum atomic E-state index is -3.25. The number of carbonyl (C=O) groups is 6. The Balaban J connectivity index is 1.14. The summed E-state index contributed by atoms with van der Waals surface area (Å²) in [6.45, 7) is -2.41. The van der Waals surface area contributed by atoms with E-state index in [9.17, 15) is 94.8 Å². The fraction of sp³-hybridized carbons (Fsp3) is 0.722. The Morgan fingerprint density at radius 1 is 0.702 bits per heavy atom. The van der Waals surface area contributed by atoms with Gasteiger partial charge in [0.25, 0.3) is 5.79 Å². The smallest absolute Gasteiger partial charge is 0.364 e. The quantitative estimate of drug-likeness (QED) is 0.0246. The molecule has 3 aliphatic rings. The molecule has 5 rings (SSSR count). The number of aliphatic hydroxyl groups excluding tert-OH is 10. The summed E-state index contributed by atoms with van der Waals surface area (Å²) in [6, 6.07) is 2.25. The third-order valence-electron chi connectivity index (χ3n) is 14.9. The number of rotatable bonds is 35. The van der Waals surface area contributed by atoms with Gasteiger partial charge in [-0.25, -0.2) is 14.4 Å². The monoisotopic (exact) mass is 1200 g/mol. The van der Waals surface area contributed by atoms with Gasteiger partial charge in [0.1, 0.15) is 84.5 Å². The zero-order valence-corrected chi connectivity index (χ0v) is 46.4. The molecular weight excluding hydrogens is 1120 g/mol. The van der Waals surface area contributed by atoms with E-state index in [0.717, 1.165) is 64.2 Å². The number of ether oxygens (including phenoxy) is 6. The molecule has 3 saturated heterocycles. The molecular formula is C54H81N3O27. The Morgan fingerprint density at radius 2 is 1.31 bits per heavy atom. The summed E-state index contributed by atoms with van der Waals surface area (Å²) in [5.74, 6) is -10.1. The van der Waals surface area contributed by atoms with Crippen molar-refractivity contribution in [3.05, 3.63) is 40.2 Å². The molecule has 6 unspecified atom stereocenters. The van der Waals surface area contributed by atoms with Gasteiger partial charge in [-0.2, -0.15) is 0 Å². The van der Waals surface area contributed by atoms with Crippen LogP contribution in [0.2, 0.25) is 0 Å². The van der Waals surface area contributed by atoms with Crippen molar-refractivity contribution < 1.29 is 128 Å². The number of carbonyl (C=O) groups excluding carboxylic acids is 3. The van der Waals surface area contributed by atoms with Crippen LogP contribution in [0.5, 0.6) is 5.75 Å². The zero-order valence-electron chi connectivity index (χ0n) is 46.4. The second-order valence-corrected chi connectivity index (χ2v) is 21.3. The molecule has 84 heavy (non-hydrogen) atoms. The van der Waals surface area contributed by atoms with Crippen molar-refractivity contribution >= 4 is 46.6 Å². The first-order chi connectivity index (χ1) is 39.9. The molecule has 4 heterocycles. The summed E-state index contributed by atoms with van der Waals surface area (Å²) in [5.41, 5.74) is 0.0519. The van der Waals surface area contributed by atoms with Crippen LogP contribution in [0.15, 0.2) is 33.5 Å². The highest BCUT2D eigenvalue weighted by atomic mass is 16.8. The van der Waals surface area contributed by atoms with Crippen molar-refractivity contribution in [2.24, 2.45) is 0 Å². The minimum absolute atomic E-state index is 0.00660. The second-order valence-electron chi connectivity index (χ2n) is 21.3. The summed E-state index contributed by atoms with van der Waals surface area (Å²) in [4.78, 5) is 86.4. The number of fused-ring (bicyclic) bond motifs is 1. The molecule has 2 aromatic rings. The molecule has 0 spiro atoms. The molecule has 0 aliphatic carbocycles. The average molecular weight is 1200 g/mol. The van der Waals surface area contributed by atoms with Crippen LogP contribution in [0.4, 0.5) is 0 Å². The van der Waals surface area contributed by atoms with E-state index in [1.54, 1.807) is 13.0 Å². The summed E-state index contributed by atoms with van der Waals surface area (Å²) in [7, 11) is 0. The zero-order chi connectivity index (χ0) is 61.8. The molecule has 17 atom stereocenters. The highest BCUT2D eigenvalue weighted by Gasteiger charge is 2.60. The van der Waals surface area contributed by atoms with Gasteiger partial charge in [0, 0.05) is 43.2 Å². The number of unbranched alkanes of at least 4 members (excludes halogenated alkanes) is 11. The van der Waals surface area contributed by atoms with Gasteiger partial charge in [-0.3, -0.25) is 19.2 Å². The number of nitrogens with one attached hydrogen (secondary N) is 3. The largest absolute Gasteiger partial charge is 0.481 e. The minimum Gasteiger partial charge on any atom is -0.481 e.